The molecule has 114 valence electrons. The Hall–Kier alpha value is -0.860. The molecule has 0 spiro atoms. The lowest BCUT2D eigenvalue weighted by Crippen LogP contribution is -2.38. The molecule has 0 amide bonds. The highest BCUT2D eigenvalue weighted by Gasteiger charge is 2.21. The Morgan fingerprint density at radius 2 is 1.65 bits per heavy atom. The maximum Gasteiger partial charge on any atom is 0.0358 e. The SMILES string of the molecule is CCNC(c1ccccc1)C(C)CN(C)C(CC)CC. The van der Waals surface area contributed by atoms with E-state index < -0.39 is 0 Å². The molecule has 2 nitrogen and oxygen atoms in total. The Labute approximate surface area is 125 Å². The predicted octanol–water partition coefficient (Wildman–Crippen LogP) is 4.09. The van der Waals surface area contributed by atoms with Gasteiger partial charge in [-0.2, -0.15) is 0 Å². The van der Waals surface area contributed by atoms with Crippen LogP contribution in [-0.4, -0.2) is 31.1 Å². The second kappa shape index (κ2) is 9.15. The first kappa shape index (κ1) is 17.2. The molecule has 0 aliphatic heterocycles. The van der Waals surface area contributed by atoms with Crippen LogP contribution < -0.4 is 5.32 Å². The molecular weight excluding hydrogens is 244 g/mol. The zero-order chi connectivity index (χ0) is 15.0. The minimum atomic E-state index is 0.443. The third-order valence-electron chi connectivity index (χ3n) is 4.29. The van der Waals surface area contributed by atoms with E-state index in [4.69, 9.17) is 0 Å². The van der Waals surface area contributed by atoms with Crippen molar-refractivity contribution >= 4 is 0 Å². The van der Waals surface area contributed by atoms with Gasteiger partial charge in [0.15, 0.2) is 0 Å². The molecule has 0 radical (unpaired) electrons. The molecule has 0 aromatic heterocycles. The third-order valence-corrected chi connectivity index (χ3v) is 4.29. The molecule has 1 rings (SSSR count). The zero-order valence-electron chi connectivity index (χ0n) is 13.9. The van der Waals surface area contributed by atoms with E-state index in [0.29, 0.717) is 18.0 Å². The first-order chi connectivity index (χ1) is 9.63. The second-order valence-corrected chi connectivity index (χ2v) is 5.83. The van der Waals surface area contributed by atoms with E-state index in [-0.39, 0.29) is 0 Å². The number of hydrogen-bond donors (Lipinski definition) is 1. The normalized spacial score (nSPS) is 14.8. The summed E-state index contributed by atoms with van der Waals surface area (Å²) in [7, 11) is 2.27. The van der Waals surface area contributed by atoms with Crippen LogP contribution >= 0.6 is 0 Å². The van der Waals surface area contributed by atoms with Gasteiger partial charge in [-0.3, -0.25) is 0 Å². The lowest BCUT2D eigenvalue weighted by Gasteiger charge is -2.33. The van der Waals surface area contributed by atoms with Crippen molar-refractivity contribution in [1.29, 1.82) is 0 Å². The summed E-state index contributed by atoms with van der Waals surface area (Å²) in [5.74, 6) is 0.600. The van der Waals surface area contributed by atoms with Crippen molar-refractivity contribution in [3.63, 3.8) is 0 Å². The molecule has 2 unspecified atom stereocenters. The van der Waals surface area contributed by atoms with Crippen molar-refractivity contribution in [2.75, 3.05) is 20.1 Å². The highest BCUT2D eigenvalue weighted by Crippen LogP contribution is 2.23. The lowest BCUT2D eigenvalue weighted by atomic mass is 9.93. The first-order valence-electron chi connectivity index (χ1n) is 8.12. The molecule has 0 aliphatic carbocycles. The molecule has 0 saturated carbocycles. The maximum absolute atomic E-state index is 3.65. The van der Waals surface area contributed by atoms with E-state index in [9.17, 15) is 0 Å². The minimum absolute atomic E-state index is 0.443. The summed E-state index contributed by atoms with van der Waals surface area (Å²) in [6, 6.07) is 12.0. The summed E-state index contributed by atoms with van der Waals surface area (Å²) < 4.78 is 0. The van der Waals surface area contributed by atoms with Gasteiger partial charge in [-0.1, -0.05) is 58.0 Å². The van der Waals surface area contributed by atoms with E-state index in [1.54, 1.807) is 0 Å². The van der Waals surface area contributed by atoms with Crippen molar-refractivity contribution in [3.05, 3.63) is 35.9 Å². The van der Waals surface area contributed by atoms with Gasteiger partial charge in [-0.05, 0) is 37.9 Å². The van der Waals surface area contributed by atoms with Gasteiger partial charge in [0.2, 0.25) is 0 Å². The number of hydrogen-bond acceptors (Lipinski definition) is 2. The molecule has 0 aliphatic rings. The van der Waals surface area contributed by atoms with E-state index in [0.717, 1.165) is 13.1 Å². The van der Waals surface area contributed by atoms with E-state index >= 15 is 0 Å². The number of benzene rings is 1. The van der Waals surface area contributed by atoms with Crippen LogP contribution in [0, 0.1) is 5.92 Å². The topological polar surface area (TPSA) is 15.3 Å². The van der Waals surface area contributed by atoms with E-state index in [1.165, 1.54) is 18.4 Å². The second-order valence-electron chi connectivity index (χ2n) is 5.83. The molecule has 0 saturated heterocycles. The summed E-state index contributed by atoms with van der Waals surface area (Å²) >= 11 is 0. The molecule has 0 fully saturated rings. The van der Waals surface area contributed by atoms with Gasteiger partial charge in [0.05, 0.1) is 0 Å². The third kappa shape index (κ3) is 4.92. The summed E-state index contributed by atoms with van der Waals surface area (Å²) in [5.41, 5.74) is 1.40. The minimum Gasteiger partial charge on any atom is -0.310 e. The molecule has 0 bridgehead atoms. The van der Waals surface area contributed by atoms with Gasteiger partial charge >= 0.3 is 0 Å². The highest BCUT2D eigenvalue weighted by molar-refractivity contribution is 5.19. The van der Waals surface area contributed by atoms with Crippen LogP contribution in [0.5, 0.6) is 0 Å². The van der Waals surface area contributed by atoms with Crippen LogP contribution in [0.25, 0.3) is 0 Å². The summed E-state index contributed by atoms with van der Waals surface area (Å²) in [5, 5.41) is 3.65. The molecular formula is C18H32N2. The summed E-state index contributed by atoms with van der Waals surface area (Å²) in [6.07, 6.45) is 2.47. The fourth-order valence-corrected chi connectivity index (χ4v) is 3.15. The van der Waals surface area contributed by atoms with E-state index in [2.05, 4.69) is 75.3 Å². The van der Waals surface area contributed by atoms with Gasteiger partial charge in [0, 0.05) is 18.6 Å². The highest BCUT2D eigenvalue weighted by atomic mass is 15.1. The fourth-order valence-electron chi connectivity index (χ4n) is 3.15. The van der Waals surface area contributed by atoms with Gasteiger partial charge in [-0.25, -0.2) is 0 Å². The molecule has 20 heavy (non-hydrogen) atoms. The van der Waals surface area contributed by atoms with Crippen LogP contribution in [0.15, 0.2) is 30.3 Å². The van der Waals surface area contributed by atoms with Crippen LogP contribution in [0.3, 0.4) is 0 Å². The predicted molar refractivity (Wildman–Crippen MR) is 89.0 cm³/mol. The average molecular weight is 276 g/mol. The smallest absolute Gasteiger partial charge is 0.0358 e. The Bertz CT molecular complexity index is 346. The first-order valence-corrected chi connectivity index (χ1v) is 8.12. The molecule has 2 heteroatoms. The van der Waals surface area contributed by atoms with Gasteiger partial charge < -0.3 is 10.2 Å². The fraction of sp³-hybridized carbons (Fsp3) is 0.667. The Kier molecular flexibility index (Phi) is 7.86. The van der Waals surface area contributed by atoms with Crippen molar-refractivity contribution in [3.8, 4) is 0 Å². The van der Waals surface area contributed by atoms with Crippen molar-refractivity contribution in [2.24, 2.45) is 5.92 Å². The van der Waals surface area contributed by atoms with Gasteiger partial charge in [-0.15, -0.1) is 0 Å². The molecule has 0 heterocycles. The lowest BCUT2D eigenvalue weighted by molar-refractivity contribution is 0.182. The average Bonchev–Trinajstić information content (AvgIpc) is 2.46. The maximum atomic E-state index is 3.65. The van der Waals surface area contributed by atoms with E-state index in [1.807, 2.05) is 0 Å². The molecule has 1 aromatic rings. The van der Waals surface area contributed by atoms with Crippen molar-refractivity contribution in [2.45, 2.75) is 52.6 Å². The number of nitrogens with zero attached hydrogens (tertiary/aromatic N) is 1. The Morgan fingerprint density at radius 1 is 1.05 bits per heavy atom. The standard InChI is InChI=1S/C18H32N2/c1-6-17(7-2)20(5)14-15(4)18(19-8-3)16-12-10-9-11-13-16/h9-13,15,17-19H,6-8,14H2,1-5H3. The van der Waals surface area contributed by atoms with Crippen LogP contribution in [0.4, 0.5) is 0 Å². The molecule has 1 N–H and O–H groups in total. The Balaban J connectivity index is 2.72. The van der Waals surface area contributed by atoms with Crippen LogP contribution in [0.2, 0.25) is 0 Å². The van der Waals surface area contributed by atoms with Gasteiger partial charge in [0.1, 0.15) is 0 Å². The zero-order valence-corrected chi connectivity index (χ0v) is 13.9. The van der Waals surface area contributed by atoms with Crippen molar-refractivity contribution in [1.82, 2.24) is 10.2 Å². The summed E-state index contributed by atoms with van der Waals surface area (Å²) in [6.45, 7) is 11.3. The quantitative estimate of drug-likeness (QED) is 0.730. The summed E-state index contributed by atoms with van der Waals surface area (Å²) in [4.78, 5) is 2.53. The number of nitrogens with one attached hydrogen (secondary N) is 1. The monoisotopic (exact) mass is 276 g/mol. The van der Waals surface area contributed by atoms with Gasteiger partial charge in [0.25, 0.3) is 0 Å². The van der Waals surface area contributed by atoms with Crippen LogP contribution in [0.1, 0.15) is 52.1 Å². The van der Waals surface area contributed by atoms with Crippen molar-refractivity contribution < 1.29 is 0 Å². The molecule has 1 aromatic carbocycles. The largest absolute Gasteiger partial charge is 0.310 e. The molecule has 2 atom stereocenters. The Morgan fingerprint density at radius 3 is 2.15 bits per heavy atom. The number of rotatable bonds is 9. The van der Waals surface area contributed by atoms with Crippen LogP contribution in [-0.2, 0) is 0 Å².